The number of nitrogens with one attached hydrogen (secondary N) is 1. The van der Waals surface area contributed by atoms with E-state index >= 15 is 0 Å². The van der Waals surface area contributed by atoms with Gasteiger partial charge in [-0.15, -0.1) is 0 Å². The Morgan fingerprint density at radius 3 is 2.85 bits per heavy atom. The third-order valence-corrected chi connectivity index (χ3v) is 4.16. The molecule has 0 aromatic carbocycles. The number of hydrogen-bond donors (Lipinski definition) is 2. The van der Waals surface area contributed by atoms with Gasteiger partial charge < -0.3 is 15.8 Å². The number of rotatable bonds is 5. The number of anilines is 1. The minimum absolute atomic E-state index is 0.0105. The second-order valence-electron chi connectivity index (χ2n) is 5.57. The lowest BCUT2D eigenvalue weighted by atomic mass is 9.71. The zero-order valence-corrected chi connectivity index (χ0v) is 12.0. The maximum Gasteiger partial charge on any atom is 0.225 e. The fourth-order valence-electron chi connectivity index (χ4n) is 2.94. The number of carbonyl (C=O) groups is 1. The molecule has 3 N–H and O–H groups in total. The average molecular weight is 277 g/mol. The van der Waals surface area contributed by atoms with Gasteiger partial charge in [0.1, 0.15) is 11.4 Å². The maximum absolute atomic E-state index is 12.3. The molecule has 0 saturated heterocycles. The predicted molar refractivity (Wildman–Crippen MR) is 78.6 cm³/mol. The highest BCUT2D eigenvalue weighted by Crippen LogP contribution is 2.38. The molecular formula is C15H23N3O2. The molecule has 0 atom stereocenters. The van der Waals surface area contributed by atoms with Crippen LogP contribution < -0.4 is 15.8 Å². The summed E-state index contributed by atoms with van der Waals surface area (Å²) < 4.78 is 5.21. The van der Waals surface area contributed by atoms with Crippen molar-refractivity contribution >= 4 is 11.6 Å². The van der Waals surface area contributed by atoms with E-state index in [9.17, 15) is 4.79 Å². The molecule has 5 heteroatoms. The van der Waals surface area contributed by atoms with Crippen LogP contribution in [-0.4, -0.2) is 24.5 Å². The van der Waals surface area contributed by atoms with Crippen molar-refractivity contribution in [3.05, 3.63) is 18.5 Å². The molecule has 1 aromatic heterocycles. The zero-order chi connectivity index (χ0) is 14.4. The molecule has 1 aromatic rings. The number of amides is 1. The van der Waals surface area contributed by atoms with Gasteiger partial charge in [-0.25, -0.2) is 0 Å². The molecule has 2 rings (SSSR count). The Bertz CT molecular complexity index is 456. The van der Waals surface area contributed by atoms with Gasteiger partial charge in [0.15, 0.2) is 0 Å². The quantitative estimate of drug-likeness (QED) is 0.866. The van der Waals surface area contributed by atoms with Crippen molar-refractivity contribution in [1.82, 2.24) is 4.98 Å². The number of nitrogens with zero attached hydrogens (tertiary/aromatic N) is 1. The van der Waals surface area contributed by atoms with E-state index in [1.165, 1.54) is 19.3 Å². The Kier molecular flexibility index (Phi) is 4.95. The highest BCUT2D eigenvalue weighted by Gasteiger charge is 2.33. The molecule has 0 bridgehead atoms. The number of ether oxygens (including phenoxy) is 1. The van der Waals surface area contributed by atoms with E-state index in [0.29, 0.717) is 24.4 Å². The molecular weight excluding hydrogens is 254 g/mol. The third kappa shape index (κ3) is 3.48. The Hall–Kier alpha value is -1.62. The number of hydrogen-bond acceptors (Lipinski definition) is 4. The van der Waals surface area contributed by atoms with E-state index in [1.807, 2.05) is 0 Å². The van der Waals surface area contributed by atoms with Crippen LogP contribution in [0, 0.1) is 5.41 Å². The van der Waals surface area contributed by atoms with E-state index < -0.39 is 0 Å². The van der Waals surface area contributed by atoms with Crippen LogP contribution in [0.5, 0.6) is 5.75 Å². The molecule has 1 saturated carbocycles. The monoisotopic (exact) mass is 277 g/mol. The molecule has 0 aliphatic heterocycles. The third-order valence-electron chi connectivity index (χ3n) is 4.16. The lowest BCUT2D eigenvalue weighted by molar-refractivity contribution is -0.118. The highest BCUT2D eigenvalue weighted by atomic mass is 16.5. The molecule has 110 valence electrons. The largest absolute Gasteiger partial charge is 0.494 e. The summed E-state index contributed by atoms with van der Waals surface area (Å²) in [5, 5.41) is 2.89. The molecule has 1 amide bonds. The smallest absolute Gasteiger partial charge is 0.225 e. The van der Waals surface area contributed by atoms with Crippen LogP contribution in [0.3, 0.4) is 0 Å². The molecule has 0 spiro atoms. The van der Waals surface area contributed by atoms with Crippen molar-refractivity contribution in [1.29, 1.82) is 0 Å². The number of pyridine rings is 1. The maximum atomic E-state index is 12.3. The van der Waals surface area contributed by atoms with Crippen LogP contribution in [0.4, 0.5) is 5.69 Å². The number of nitrogens with two attached hydrogens (primary N) is 1. The van der Waals surface area contributed by atoms with Gasteiger partial charge in [0, 0.05) is 18.7 Å². The average Bonchev–Trinajstić information content (AvgIpc) is 2.48. The van der Waals surface area contributed by atoms with Gasteiger partial charge in [0.2, 0.25) is 5.91 Å². The van der Waals surface area contributed by atoms with Gasteiger partial charge in [0.25, 0.3) is 0 Å². The summed E-state index contributed by atoms with van der Waals surface area (Å²) in [6, 6.07) is 1.73. The second kappa shape index (κ2) is 6.70. The molecule has 0 radical (unpaired) electrons. The molecule has 1 aliphatic rings. The van der Waals surface area contributed by atoms with Crippen LogP contribution in [0.1, 0.15) is 38.5 Å². The summed E-state index contributed by atoms with van der Waals surface area (Å²) in [5.41, 5.74) is 6.50. The Morgan fingerprint density at radius 1 is 1.45 bits per heavy atom. The normalized spacial score (nSPS) is 17.5. The fourth-order valence-corrected chi connectivity index (χ4v) is 2.94. The first-order chi connectivity index (χ1) is 9.69. The van der Waals surface area contributed by atoms with Gasteiger partial charge in [-0.1, -0.05) is 19.3 Å². The fraction of sp³-hybridized carbons (Fsp3) is 0.600. The first-order valence-corrected chi connectivity index (χ1v) is 7.17. The molecule has 0 unspecified atom stereocenters. The van der Waals surface area contributed by atoms with Crippen molar-refractivity contribution in [3.63, 3.8) is 0 Å². The van der Waals surface area contributed by atoms with Crippen LogP contribution in [0.2, 0.25) is 0 Å². The van der Waals surface area contributed by atoms with Crippen LogP contribution >= 0.6 is 0 Å². The van der Waals surface area contributed by atoms with Gasteiger partial charge in [0.05, 0.1) is 13.3 Å². The Morgan fingerprint density at radius 2 is 2.20 bits per heavy atom. The molecule has 1 fully saturated rings. The zero-order valence-electron chi connectivity index (χ0n) is 12.0. The first kappa shape index (κ1) is 14.8. The van der Waals surface area contributed by atoms with Crippen LogP contribution in [0.15, 0.2) is 18.5 Å². The topological polar surface area (TPSA) is 77.2 Å². The Balaban J connectivity index is 2.01. The van der Waals surface area contributed by atoms with Crippen molar-refractivity contribution in [2.24, 2.45) is 11.1 Å². The van der Waals surface area contributed by atoms with Gasteiger partial charge in [-0.2, -0.15) is 0 Å². The highest BCUT2D eigenvalue weighted by molar-refractivity contribution is 5.92. The van der Waals surface area contributed by atoms with Crippen LogP contribution in [-0.2, 0) is 4.79 Å². The Labute approximate surface area is 119 Å². The SMILES string of the molecule is COc1ccncc1NC(=O)CC1(CN)CCCCC1. The van der Waals surface area contributed by atoms with Crippen molar-refractivity contribution in [2.75, 3.05) is 19.0 Å². The number of carbonyl (C=O) groups excluding carboxylic acids is 1. The van der Waals surface area contributed by atoms with Crippen molar-refractivity contribution in [3.8, 4) is 5.75 Å². The second-order valence-corrected chi connectivity index (χ2v) is 5.57. The van der Waals surface area contributed by atoms with Gasteiger partial charge >= 0.3 is 0 Å². The summed E-state index contributed by atoms with van der Waals surface area (Å²) in [7, 11) is 1.58. The number of aromatic nitrogens is 1. The summed E-state index contributed by atoms with van der Waals surface area (Å²) in [6.07, 6.45) is 9.38. The lowest BCUT2D eigenvalue weighted by Gasteiger charge is -2.35. The van der Waals surface area contributed by atoms with E-state index in [4.69, 9.17) is 10.5 Å². The predicted octanol–water partition coefficient (Wildman–Crippen LogP) is 2.33. The van der Waals surface area contributed by atoms with Crippen molar-refractivity contribution < 1.29 is 9.53 Å². The minimum Gasteiger partial charge on any atom is -0.494 e. The minimum atomic E-state index is -0.0300. The summed E-state index contributed by atoms with van der Waals surface area (Å²) in [5.74, 6) is 0.613. The van der Waals surface area contributed by atoms with Gasteiger partial charge in [-0.05, 0) is 24.8 Å². The lowest BCUT2D eigenvalue weighted by Crippen LogP contribution is -2.36. The standard InChI is InChI=1S/C15H23N3O2/c1-20-13-5-8-17-10-12(13)18-14(19)9-15(11-16)6-3-2-4-7-15/h5,8,10H,2-4,6-7,9,11,16H2,1H3,(H,18,19). The van der Waals surface area contributed by atoms with Crippen molar-refractivity contribution in [2.45, 2.75) is 38.5 Å². The summed E-state index contributed by atoms with van der Waals surface area (Å²) in [6.45, 7) is 0.574. The van der Waals surface area contributed by atoms with Gasteiger partial charge in [-0.3, -0.25) is 9.78 Å². The van der Waals surface area contributed by atoms with E-state index in [1.54, 1.807) is 25.6 Å². The number of methoxy groups -OCH3 is 1. The molecule has 20 heavy (non-hydrogen) atoms. The van der Waals surface area contributed by atoms with E-state index in [2.05, 4.69) is 10.3 Å². The molecule has 5 nitrogen and oxygen atoms in total. The van der Waals surface area contributed by atoms with Crippen LogP contribution in [0.25, 0.3) is 0 Å². The molecule has 1 heterocycles. The molecule has 1 aliphatic carbocycles. The summed E-state index contributed by atoms with van der Waals surface area (Å²) >= 11 is 0. The van der Waals surface area contributed by atoms with E-state index in [-0.39, 0.29) is 11.3 Å². The first-order valence-electron chi connectivity index (χ1n) is 7.17. The summed E-state index contributed by atoms with van der Waals surface area (Å²) in [4.78, 5) is 16.3. The van der Waals surface area contributed by atoms with E-state index in [0.717, 1.165) is 12.8 Å².